The number of halogens is 2. The van der Waals surface area contributed by atoms with Gasteiger partial charge < -0.3 is 4.57 Å². The molecule has 0 fully saturated rings. The predicted molar refractivity (Wildman–Crippen MR) is 98.4 cm³/mol. The number of nitrogens with zero attached hydrogens (tertiary/aromatic N) is 2. The van der Waals surface area contributed by atoms with E-state index in [1.165, 1.54) is 47.9 Å². The quantitative estimate of drug-likeness (QED) is 0.722. The molecule has 1 unspecified atom stereocenters. The van der Waals surface area contributed by atoms with Crippen LogP contribution in [0.1, 0.15) is 49.3 Å². The summed E-state index contributed by atoms with van der Waals surface area (Å²) in [5, 5.41) is 0.909. The van der Waals surface area contributed by atoms with Crippen LogP contribution in [0.4, 0.5) is 0 Å². The highest BCUT2D eigenvalue weighted by molar-refractivity contribution is 6.32. The van der Waals surface area contributed by atoms with Gasteiger partial charge in [-0.2, -0.15) is 0 Å². The molecule has 0 saturated carbocycles. The molecule has 0 spiro atoms. The van der Waals surface area contributed by atoms with Gasteiger partial charge in [0.25, 0.3) is 0 Å². The first-order valence-corrected chi connectivity index (χ1v) is 8.51. The van der Waals surface area contributed by atoms with Gasteiger partial charge >= 0.3 is 0 Å². The van der Waals surface area contributed by atoms with E-state index >= 15 is 0 Å². The zero-order valence-corrected chi connectivity index (χ0v) is 15.0. The SMILES string of the molecule is CC12CCCc3ccc(Cl)c(c31)C=C(CCn1ccnc1)C2.Cl. The van der Waals surface area contributed by atoms with E-state index in [1.807, 2.05) is 18.7 Å². The lowest BCUT2D eigenvalue weighted by atomic mass is 9.63. The monoisotopic (exact) mass is 348 g/mol. The highest BCUT2D eigenvalue weighted by atomic mass is 35.5. The second kappa shape index (κ2) is 6.33. The molecular formula is C19H22Cl2N2. The van der Waals surface area contributed by atoms with Crippen LogP contribution in [0, 0.1) is 0 Å². The third-order valence-electron chi connectivity index (χ3n) is 5.27. The molecule has 2 nitrogen and oxygen atoms in total. The van der Waals surface area contributed by atoms with Crippen molar-refractivity contribution in [1.29, 1.82) is 0 Å². The summed E-state index contributed by atoms with van der Waals surface area (Å²) in [6.07, 6.45) is 14.1. The lowest BCUT2D eigenvalue weighted by molar-refractivity contribution is 0.380. The molecule has 0 N–H and O–H groups in total. The Hall–Kier alpha value is -1.25. The molecule has 4 heteroatoms. The fraction of sp³-hybridized carbons (Fsp3) is 0.421. The van der Waals surface area contributed by atoms with Crippen LogP contribution in [0.3, 0.4) is 0 Å². The summed E-state index contributed by atoms with van der Waals surface area (Å²) in [6, 6.07) is 4.32. The molecule has 0 saturated heterocycles. The van der Waals surface area contributed by atoms with E-state index in [9.17, 15) is 0 Å². The van der Waals surface area contributed by atoms with Crippen LogP contribution in [0.15, 0.2) is 36.4 Å². The molecule has 0 aliphatic heterocycles. The van der Waals surface area contributed by atoms with Crippen molar-refractivity contribution < 1.29 is 0 Å². The predicted octanol–water partition coefficient (Wildman–Crippen LogP) is 5.43. The first-order valence-electron chi connectivity index (χ1n) is 8.13. The molecule has 1 heterocycles. The highest BCUT2D eigenvalue weighted by Gasteiger charge is 2.37. The van der Waals surface area contributed by atoms with Gasteiger partial charge in [0.2, 0.25) is 0 Å². The van der Waals surface area contributed by atoms with Crippen LogP contribution < -0.4 is 0 Å². The van der Waals surface area contributed by atoms with E-state index < -0.39 is 0 Å². The second-order valence-corrected chi connectivity index (χ2v) is 7.35. The van der Waals surface area contributed by atoms with Gasteiger partial charge in [-0.15, -0.1) is 12.4 Å². The van der Waals surface area contributed by atoms with Crippen LogP contribution in [-0.4, -0.2) is 9.55 Å². The lowest BCUT2D eigenvalue weighted by Crippen LogP contribution is -2.31. The van der Waals surface area contributed by atoms with E-state index in [0.717, 1.165) is 18.0 Å². The van der Waals surface area contributed by atoms with E-state index in [4.69, 9.17) is 11.6 Å². The molecular weight excluding hydrogens is 327 g/mol. The molecule has 0 radical (unpaired) electrons. The van der Waals surface area contributed by atoms with Crippen LogP contribution in [0.25, 0.3) is 6.08 Å². The van der Waals surface area contributed by atoms with Gasteiger partial charge in [0.15, 0.2) is 0 Å². The molecule has 1 aromatic heterocycles. The standard InChI is InChI=1S/C19H21ClN2.ClH/c1-19-7-2-3-15-4-5-17(20)16(18(15)19)11-14(12-19)6-9-22-10-8-21-13-22;/h4-5,8,10-11,13H,2-3,6-7,9,12H2,1H3;1H. The Kier molecular flexibility index (Phi) is 4.57. The Morgan fingerprint density at radius 3 is 3.00 bits per heavy atom. The Bertz CT molecular complexity index is 734. The number of aromatic nitrogens is 2. The van der Waals surface area contributed by atoms with Crippen molar-refractivity contribution >= 4 is 30.1 Å². The van der Waals surface area contributed by atoms with Crippen molar-refractivity contribution in [3.05, 3.63) is 58.1 Å². The summed E-state index contributed by atoms with van der Waals surface area (Å²) >= 11 is 6.53. The van der Waals surface area contributed by atoms with Gasteiger partial charge in [0.1, 0.15) is 0 Å². The average molecular weight is 349 g/mol. The summed E-state index contributed by atoms with van der Waals surface area (Å²) in [6.45, 7) is 3.42. The molecule has 2 aliphatic carbocycles. The third-order valence-corrected chi connectivity index (χ3v) is 5.60. The molecule has 2 aromatic rings. The Morgan fingerprint density at radius 1 is 1.35 bits per heavy atom. The minimum absolute atomic E-state index is 0. The number of hydrogen-bond donors (Lipinski definition) is 0. The van der Waals surface area contributed by atoms with E-state index in [0.29, 0.717) is 0 Å². The number of benzene rings is 1. The summed E-state index contributed by atoms with van der Waals surface area (Å²) in [4.78, 5) is 4.12. The van der Waals surface area contributed by atoms with Crippen molar-refractivity contribution in [2.75, 3.05) is 0 Å². The number of allylic oxidation sites excluding steroid dienone is 1. The summed E-state index contributed by atoms with van der Waals surface area (Å²) in [7, 11) is 0. The fourth-order valence-corrected chi connectivity index (χ4v) is 4.49. The molecule has 2 aliphatic rings. The Labute approximate surface area is 149 Å². The maximum atomic E-state index is 6.53. The van der Waals surface area contributed by atoms with Gasteiger partial charge in [-0.1, -0.05) is 36.2 Å². The fourth-order valence-electron chi connectivity index (χ4n) is 4.28. The lowest BCUT2D eigenvalue weighted by Gasteiger charge is -2.41. The normalized spacial score (nSPS) is 22.1. The molecule has 0 amide bonds. The van der Waals surface area contributed by atoms with Crippen molar-refractivity contribution in [2.45, 2.75) is 51.0 Å². The maximum absolute atomic E-state index is 6.53. The zero-order chi connectivity index (χ0) is 15.2. The largest absolute Gasteiger partial charge is 0.337 e. The van der Waals surface area contributed by atoms with E-state index in [-0.39, 0.29) is 17.8 Å². The minimum Gasteiger partial charge on any atom is -0.337 e. The first-order chi connectivity index (χ1) is 10.7. The van der Waals surface area contributed by atoms with Crippen LogP contribution in [-0.2, 0) is 18.4 Å². The van der Waals surface area contributed by atoms with Crippen LogP contribution in [0.5, 0.6) is 0 Å². The molecule has 23 heavy (non-hydrogen) atoms. The van der Waals surface area contributed by atoms with Gasteiger partial charge in [0, 0.05) is 24.0 Å². The first kappa shape index (κ1) is 16.6. The van der Waals surface area contributed by atoms with Gasteiger partial charge in [0.05, 0.1) is 6.33 Å². The molecule has 1 aromatic carbocycles. The number of rotatable bonds is 3. The number of aryl methyl sites for hydroxylation is 2. The summed E-state index contributed by atoms with van der Waals surface area (Å²) in [5.41, 5.74) is 6.11. The smallest absolute Gasteiger partial charge is 0.0946 e. The highest BCUT2D eigenvalue weighted by Crippen LogP contribution is 2.49. The Morgan fingerprint density at radius 2 is 2.22 bits per heavy atom. The van der Waals surface area contributed by atoms with Gasteiger partial charge in [-0.25, -0.2) is 4.98 Å². The molecule has 122 valence electrons. The molecule has 4 rings (SSSR count). The van der Waals surface area contributed by atoms with Gasteiger partial charge in [-0.05, 0) is 60.3 Å². The minimum atomic E-state index is 0. The van der Waals surface area contributed by atoms with Crippen molar-refractivity contribution in [2.24, 2.45) is 0 Å². The topological polar surface area (TPSA) is 17.8 Å². The number of hydrogen-bond acceptors (Lipinski definition) is 1. The van der Waals surface area contributed by atoms with Crippen molar-refractivity contribution in [3.8, 4) is 0 Å². The van der Waals surface area contributed by atoms with Crippen LogP contribution in [0.2, 0.25) is 5.02 Å². The van der Waals surface area contributed by atoms with Crippen LogP contribution >= 0.6 is 24.0 Å². The van der Waals surface area contributed by atoms with Crippen molar-refractivity contribution in [1.82, 2.24) is 9.55 Å². The van der Waals surface area contributed by atoms with E-state index in [2.05, 4.69) is 34.7 Å². The van der Waals surface area contributed by atoms with E-state index in [1.54, 1.807) is 0 Å². The summed E-state index contributed by atoms with van der Waals surface area (Å²) in [5.74, 6) is 0. The summed E-state index contributed by atoms with van der Waals surface area (Å²) < 4.78 is 2.15. The van der Waals surface area contributed by atoms with Crippen molar-refractivity contribution in [3.63, 3.8) is 0 Å². The second-order valence-electron chi connectivity index (χ2n) is 6.94. The maximum Gasteiger partial charge on any atom is 0.0946 e. The third kappa shape index (κ3) is 2.95. The number of imidazole rings is 1. The van der Waals surface area contributed by atoms with Gasteiger partial charge in [-0.3, -0.25) is 0 Å². The zero-order valence-electron chi connectivity index (χ0n) is 13.4. The Balaban J connectivity index is 0.00000156. The molecule has 0 bridgehead atoms. The average Bonchev–Trinajstić information content (AvgIpc) is 3.01. The molecule has 1 atom stereocenters.